The molecular formula is C18H28N2O5. The summed E-state index contributed by atoms with van der Waals surface area (Å²) in [5.41, 5.74) is 0. The van der Waals surface area contributed by atoms with Gasteiger partial charge in [0.15, 0.2) is 0 Å². The number of carboxylic acid groups (broad SMARTS) is 1. The molecule has 25 heavy (non-hydrogen) atoms. The Labute approximate surface area is 149 Å². The first-order valence-electron chi connectivity index (χ1n) is 8.95. The Balaban J connectivity index is 2.31. The summed E-state index contributed by atoms with van der Waals surface area (Å²) in [4.78, 5) is 36.1. The van der Waals surface area contributed by atoms with E-state index in [-0.39, 0.29) is 6.42 Å². The van der Waals surface area contributed by atoms with Gasteiger partial charge in [0.05, 0.1) is 6.54 Å². The summed E-state index contributed by atoms with van der Waals surface area (Å²) in [5, 5.41) is 11.1. The van der Waals surface area contributed by atoms with Crippen LogP contribution in [0.5, 0.6) is 0 Å². The molecule has 1 aliphatic heterocycles. The van der Waals surface area contributed by atoms with Crippen molar-refractivity contribution in [2.24, 2.45) is 0 Å². The number of nitrogens with one attached hydrogen (secondary N) is 1. The second kappa shape index (κ2) is 12.3. The number of alkyl carbamates (subject to hydrolysis) is 1. The molecule has 0 aromatic carbocycles. The minimum atomic E-state index is -0.822. The molecule has 1 unspecified atom stereocenters. The first kappa shape index (κ1) is 21.0. The highest BCUT2D eigenvalue weighted by Crippen LogP contribution is 2.17. The van der Waals surface area contributed by atoms with E-state index in [2.05, 4.69) is 24.1 Å². The van der Waals surface area contributed by atoms with Crippen LogP contribution in [0.25, 0.3) is 0 Å². The minimum absolute atomic E-state index is 0.112. The summed E-state index contributed by atoms with van der Waals surface area (Å²) < 4.78 is 4.87. The molecule has 140 valence electrons. The largest absolute Gasteiger partial charge is 0.481 e. The predicted molar refractivity (Wildman–Crippen MR) is 92.9 cm³/mol. The molecule has 7 nitrogen and oxygen atoms in total. The van der Waals surface area contributed by atoms with Crippen LogP contribution in [0.15, 0.2) is 0 Å². The number of carbonyl (C=O) groups is 3. The van der Waals surface area contributed by atoms with Gasteiger partial charge in [0.1, 0.15) is 6.04 Å². The number of carbonyl (C=O) groups excluding carboxylic acids is 2. The van der Waals surface area contributed by atoms with Crippen molar-refractivity contribution in [3.8, 4) is 11.8 Å². The summed E-state index contributed by atoms with van der Waals surface area (Å²) in [6.07, 6.45) is 4.93. The van der Waals surface area contributed by atoms with Gasteiger partial charge in [-0.2, -0.15) is 0 Å². The third kappa shape index (κ3) is 9.11. The normalized spacial score (nSPS) is 16.8. The van der Waals surface area contributed by atoms with E-state index in [1.54, 1.807) is 0 Å². The molecule has 2 N–H and O–H groups in total. The fourth-order valence-electron chi connectivity index (χ4n) is 2.62. The van der Waals surface area contributed by atoms with E-state index in [4.69, 9.17) is 9.84 Å². The van der Waals surface area contributed by atoms with E-state index in [1.165, 1.54) is 0 Å². The van der Waals surface area contributed by atoms with Gasteiger partial charge in [-0.05, 0) is 25.7 Å². The van der Waals surface area contributed by atoms with Gasteiger partial charge >= 0.3 is 18.0 Å². The number of hydrogen-bond acceptors (Lipinski definition) is 5. The van der Waals surface area contributed by atoms with Gasteiger partial charge in [-0.1, -0.05) is 25.7 Å². The third-order valence-electron chi connectivity index (χ3n) is 3.98. The van der Waals surface area contributed by atoms with Crippen molar-refractivity contribution in [1.29, 1.82) is 0 Å². The maximum Gasteiger partial charge on any atom is 0.414 e. The first-order valence-corrected chi connectivity index (χ1v) is 8.95. The predicted octanol–water partition coefficient (Wildman–Crippen LogP) is 2.15. The second-order valence-corrected chi connectivity index (χ2v) is 6.07. The van der Waals surface area contributed by atoms with Crippen LogP contribution >= 0.6 is 0 Å². The van der Waals surface area contributed by atoms with E-state index in [0.29, 0.717) is 32.4 Å². The van der Waals surface area contributed by atoms with Crippen molar-refractivity contribution in [2.45, 2.75) is 64.3 Å². The number of rotatable bonds is 9. The minimum Gasteiger partial charge on any atom is -0.481 e. The molecule has 1 rings (SSSR count). The van der Waals surface area contributed by atoms with E-state index in [9.17, 15) is 14.4 Å². The number of aliphatic carboxylic acids is 1. The highest BCUT2D eigenvalue weighted by atomic mass is 16.6. The summed E-state index contributed by atoms with van der Waals surface area (Å²) in [6, 6.07) is -0.435. The van der Waals surface area contributed by atoms with Crippen LogP contribution in [0.3, 0.4) is 0 Å². The first-order chi connectivity index (χ1) is 12.0. The van der Waals surface area contributed by atoms with E-state index in [0.717, 1.165) is 32.2 Å². The van der Waals surface area contributed by atoms with E-state index >= 15 is 0 Å². The number of likely N-dealkylation sites (tertiary alicyclic amines) is 1. The molecule has 1 atom stereocenters. The summed E-state index contributed by atoms with van der Waals surface area (Å²) in [7, 11) is 0. The molecule has 1 saturated heterocycles. The summed E-state index contributed by atoms with van der Waals surface area (Å²) in [6.45, 7) is 3.74. The Morgan fingerprint density at radius 3 is 2.76 bits per heavy atom. The summed E-state index contributed by atoms with van der Waals surface area (Å²) >= 11 is 0. The van der Waals surface area contributed by atoms with Crippen LogP contribution in [0, 0.1) is 11.8 Å². The Morgan fingerprint density at radius 1 is 1.24 bits per heavy atom. The number of carboxylic acids is 1. The van der Waals surface area contributed by atoms with Crippen LogP contribution < -0.4 is 5.32 Å². The number of ether oxygens (including phenoxy) is 1. The monoisotopic (exact) mass is 352 g/mol. The highest BCUT2D eigenvalue weighted by molar-refractivity contribution is 5.87. The van der Waals surface area contributed by atoms with Crippen molar-refractivity contribution in [1.82, 2.24) is 10.2 Å². The van der Waals surface area contributed by atoms with Gasteiger partial charge in [0.25, 0.3) is 0 Å². The standard InChI is InChI=1S/C18H28N2O5/c1-2-3-7-12-19-18(24)25-17(23)15-10-9-14-20(15)13-8-5-4-6-11-16(21)22/h15H,2-4,6-7,9-14H2,1H3,(H,19,24)(H,21,22). The van der Waals surface area contributed by atoms with E-state index < -0.39 is 24.1 Å². The lowest BCUT2D eigenvalue weighted by atomic mass is 10.2. The fourth-order valence-corrected chi connectivity index (χ4v) is 2.62. The lowest BCUT2D eigenvalue weighted by Gasteiger charge is -2.19. The van der Waals surface area contributed by atoms with Crippen LogP contribution in [0.2, 0.25) is 0 Å². The van der Waals surface area contributed by atoms with Crippen molar-refractivity contribution < 1.29 is 24.2 Å². The third-order valence-corrected chi connectivity index (χ3v) is 3.98. The van der Waals surface area contributed by atoms with Crippen LogP contribution in [0.4, 0.5) is 4.79 Å². The molecule has 1 fully saturated rings. The second-order valence-electron chi connectivity index (χ2n) is 6.07. The number of hydrogen-bond donors (Lipinski definition) is 2. The van der Waals surface area contributed by atoms with Crippen LogP contribution in [0.1, 0.15) is 58.3 Å². The molecule has 1 amide bonds. The average molecular weight is 352 g/mol. The zero-order valence-corrected chi connectivity index (χ0v) is 14.9. The van der Waals surface area contributed by atoms with Gasteiger partial charge in [-0.3, -0.25) is 9.69 Å². The Morgan fingerprint density at radius 2 is 2.04 bits per heavy atom. The van der Waals surface area contributed by atoms with Crippen molar-refractivity contribution in [2.75, 3.05) is 19.6 Å². The van der Waals surface area contributed by atoms with Crippen molar-refractivity contribution in [3.63, 3.8) is 0 Å². The average Bonchev–Trinajstić information content (AvgIpc) is 3.03. The molecule has 1 heterocycles. The van der Waals surface area contributed by atoms with Gasteiger partial charge in [-0.15, -0.1) is 5.92 Å². The molecule has 0 spiro atoms. The molecule has 0 aromatic heterocycles. The van der Waals surface area contributed by atoms with Gasteiger partial charge in [-0.25, -0.2) is 9.59 Å². The molecule has 0 aliphatic carbocycles. The summed E-state index contributed by atoms with van der Waals surface area (Å²) in [5.74, 6) is 4.53. The number of amides is 1. The molecule has 0 radical (unpaired) electrons. The zero-order valence-electron chi connectivity index (χ0n) is 14.9. The lowest BCUT2D eigenvalue weighted by Crippen LogP contribution is -2.40. The van der Waals surface area contributed by atoms with Gasteiger partial charge in [0, 0.05) is 25.9 Å². The van der Waals surface area contributed by atoms with Gasteiger partial charge < -0.3 is 15.2 Å². The molecule has 0 aromatic rings. The van der Waals surface area contributed by atoms with Crippen molar-refractivity contribution >= 4 is 18.0 Å². The number of nitrogens with zero attached hydrogens (tertiary/aromatic N) is 1. The van der Waals surface area contributed by atoms with E-state index in [1.807, 2.05) is 4.90 Å². The molecule has 7 heteroatoms. The molecule has 1 aliphatic rings. The Kier molecular flexibility index (Phi) is 10.3. The molecule has 0 saturated carbocycles. The van der Waals surface area contributed by atoms with Crippen LogP contribution in [-0.2, 0) is 14.3 Å². The Bertz CT molecular complexity index is 509. The van der Waals surface area contributed by atoms with Gasteiger partial charge in [0.2, 0.25) is 0 Å². The topological polar surface area (TPSA) is 95.9 Å². The fraction of sp³-hybridized carbons (Fsp3) is 0.722. The number of unbranched alkanes of at least 4 members (excludes halogenated alkanes) is 3. The maximum absolute atomic E-state index is 12.1. The van der Waals surface area contributed by atoms with Crippen molar-refractivity contribution in [3.05, 3.63) is 0 Å². The molecule has 0 bridgehead atoms. The SMILES string of the molecule is CCCCCNC(=O)OC(=O)C1CCCN1CC#CCCCC(=O)O. The van der Waals surface area contributed by atoms with Crippen LogP contribution in [-0.4, -0.2) is 53.7 Å². The maximum atomic E-state index is 12.1. The smallest absolute Gasteiger partial charge is 0.414 e. The lowest BCUT2D eigenvalue weighted by molar-refractivity contribution is -0.142. The highest BCUT2D eigenvalue weighted by Gasteiger charge is 2.32. The molecular weight excluding hydrogens is 324 g/mol. The Hall–Kier alpha value is -2.07. The zero-order chi connectivity index (χ0) is 18.5. The number of esters is 1. The quantitative estimate of drug-likeness (QED) is 0.286.